The Morgan fingerprint density at radius 1 is 0.538 bits per heavy atom. The van der Waals surface area contributed by atoms with E-state index in [1.54, 1.807) is 9.80 Å². The molecule has 2 heterocycles. The van der Waals surface area contributed by atoms with Crippen molar-refractivity contribution in [2.24, 2.45) is 11.8 Å². The molecule has 268 valence electrons. The maximum atomic E-state index is 12.4. The Kier molecular flexibility index (Phi) is 10.6. The lowest BCUT2D eigenvalue weighted by Gasteiger charge is -2.30. The summed E-state index contributed by atoms with van der Waals surface area (Å²) >= 11 is 5.55. The summed E-state index contributed by atoms with van der Waals surface area (Å²) in [5, 5.41) is 8.75. The van der Waals surface area contributed by atoms with Gasteiger partial charge in [0.1, 0.15) is 13.2 Å². The molecule has 2 amide bonds. The topological polar surface area (TPSA) is 113 Å². The van der Waals surface area contributed by atoms with Crippen LogP contribution in [0.5, 0.6) is 0 Å². The van der Waals surface area contributed by atoms with Crippen LogP contribution in [0.4, 0.5) is 9.59 Å². The second-order valence-electron chi connectivity index (χ2n) is 13.8. The molecule has 9 nitrogen and oxygen atoms in total. The summed E-state index contributed by atoms with van der Waals surface area (Å²) in [6.45, 7) is 2.52. The molecule has 0 aromatic heterocycles. The molecule has 1 N–H and O–H groups in total. The second kappa shape index (κ2) is 15.6. The molecule has 4 aromatic rings. The number of fused-ring (bicyclic) bond motifs is 6. The van der Waals surface area contributed by atoms with Crippen molar-refractivity contribution >= 4 is 35.0 Å². The number of carbonyl (C=O) groups is 4. The molecule has 52 heavy (non-hydrogen) atoms. The fourth-order valence-electron chi connectivity index (χ4n) is 7.97. The molecule has 0 bridgehead atoms. The van der Waals surface area contributed by atoms with Gasteiger partial charge in [-0.05, 0) is 81.8 Å². The molecule has 0 atom stereocenters. The molecule has 4 aliphatic rings. The standard InChI is InChI=1S/C21H20ClNO3.C21H21NO4/c22-20(24)14-9-11-23(12-10-14)21(25)26-13-19-17-7-3-1-5-15(17)16-6-2-4-8-18(16)19;23-20(24)14-9-11-22(12-10-14)21(25)26-13-19-17-7-3-1-5-15(17)16-6-2-4-8-18(16)19/h1-8,14,19H,9-13H2;1-8,14,19H,9-13H2,(H,23,24). The second-order valence-corrected chi connectivity index (χ2v) is 14.1. The summed E-state index contributed by atoms with van der Waals surface area (Å²) in [4.78, 5) is 50.4. The molecule has 2 aliphatic heterocycles. The quantitative estimate of drug-likeness (QED) is 0.200. The third-order valence-electron chi connectivity index (χ3n) is 10.8. The Bertz CT molecular complexity index is 1730. The fraction of sp³-hybridized carbons (Fsp3) is 0.333. The average molecular weight is 721 g/mol. The van der Waals surface area contributed by atoms with Crippen LogP contribution in [0.3, 0.4) is 0 Å². The van der Waals surface area contributed by atoms with Gasteiger partial charge in [0.2, 0.25) is 5.24 Å². The number of benzene rings is 4. The van der Waals surface area contributed by atoms with Crippen LogP contribution < -0.4 is 0 Å². The van der Waals surface area contributed by atoms with Crippen LogP contribution >= 0.6 is 11.6 Å². The Hall–Kier alpha value is -5.15. The average Bonchev–Trinajstić information content (AvgIpc) is 3.68. The molecule has 0 saturated carbocycles. The van der Waals surface area contributed by atoms with Gasteiger partial charge >= 0.3 is 18.2 Å². The highest BCUT2D eigenvalue weighted by molar-refractivity contribution is 6.64. The third kappa shape index (κ3) is 7.28. The van der Waals surface area contributed by atoms with E-state index in [4.69, 9.17) is 26.2 Å². The lowest BCUT2D eigenvalue weighted by molar-refractivity contribution is -0.143. The van der Waals surface area contributed by atoms with E-state index >= 15 is 0 Å². The van der Waals surface area contributed by atoms with Crippen LogP contribution in [0.15, 0.2) is 97.1 Å². The molecule has 8 rings (SSSR count). The number of rotatable bonds is 6. The monoisotopic (exact) mass is 720 g/mol. The predicted octanol–water partition coefficient (Wildman–Crippen LogP) is 8.15. The highest BCUT2D eigenvalue weighted by Crippen LogP contribution is 2.45. The largest absolute Gasteiger partial charge is 0.481 e. The number of ether oxygens (including phenoxy) is 2. The van der Waals surface area contributed by atoms with Gasteiger partial charge in [0.05, 0.1) is 5.92 Å². The van der Waals surface area contributed by atoms with E-state index in [0.717, 1.165) is 0 Å². The Balaban J connectivity index is 0.000000162. The first-order valence-corrected chi connectivity index (χ1v) is 18.3. The summed E-state index contributed by atoms with van der Waals surface area (Å²) in [6.07, 6.45) is 1.51. The zero-order valence-corrected chi connectivity index (χ0v) is 29.5. The minimum Gasteiger partial charge on any atom is -0.481 e. The first-order chi connectivity index (χ1) is 25.3. The molecule has 0 radical (unpaired) electrons. The Morgan fingerprint density at radius 3 is 1.15 bits per heavy atom. The van der Waals surface area contributed by atoms with Crippen molar-refractivity contribution in [1.82, 2.24) is 9.80 Å². The molecular formula is C42H41ClN2O7. The number of carboxylic acids is 1. The Morgan fingerprint density at radius 2 is 0.846 bits per heavy atom. The van der Waals surface area contributed by atoms with Crippen LogP contribution in [0.2, 0.25) is 0 Å². The van der Waals surface area contributed by atoms with Gasteiger partial charge in [-0.25, -0.2) is 9.59 Å². The van der Waals surface area contributed by atoms with E-state index in [0.29, 0.717) is 65.1 Å². The lowest BCUT2D eigenvalue weighted by Crippen LogP contribution is -2.40. The molecule has 10 heteroatoms. The van der Waals surface area contributed by atoms with E-state index in [-0.39, 0.29) is 41.1 Å². The highest BCUT2D eigenvalue weighted by Gasteiger charge is 2.33. The van der Waals surface area contributed by atoms with E-state index < -0.39 is 5.97 Å². The van der Waals surface area contributed by atoms with Gasteiger partial charge in [0.15, 0.2) is 0 Å². The number of amides is 2. The first kappa shape index (κ1) is 35.3. The Labute approximate surface area is 308 Å². The molecule has 2 aliphatic carbocycles. The van der Waals surface area contributed by atoms with Gasteiger partial charge in [0.25, 0.3) is 0 Å². The van der Waals surface area contributed by atoms with Crippen molar-refractivity contribution in [3.63, 3.8) is 0 Å². The first-order valence-electron chi connectivity index (χ1n) is 17.9. The van der Waals surface area contributed by atoms with Crippen molar-refractivity contribution in [3.8, 4) is 22.3 Å². The van der Waals surface area contributed by atoms with Gasteiger partial charge in [-0.3, -0.25) is 9.59 Å². The minimum absolute atomic E-state index is 0.0444. The number of hydrogen-bond acceptors (Lipinski definition) is 6. The number of carboxylic acid groups (broad SMARTS) is 1. The van der Waals surface area contributed by atoms with E-state index in [1.165, 1.54) is 44.5 Å². The smallest absolute Gasteiger partial charge is 0.409 e. The minimum atomic E-state index is -0.780. The number of nitrogens with zero attached hydrogens (tertiary/aromatic N) is 2. The van der Waals surface area contributed by atoms with Crippen molar-refractivity contribution in [2.45, 2.75) is 37.5 Å². The molecule has 2 saturated heterocycles. The normalized spacial score (nSPS) is 16.9. The SMILES string of the molecule is O=C(Cl)C1CCN(C(=O)OCC2c3ccccc3-c3ccccc32)CC1.O=C(O)C1CCN(C(=O)OCC2c3ccccc3-c3ccccc32)CC1. The summed E-state index contributed by atoms with van der Waals surface area (Å²) in [5.74, 6) is -1.17. The number of hydrogen-bond donors (Lipinski definition) is 1. The van der Waals surface area contributed by atoms with Crippen LogP contribution in [0.25, 0.3) is 22.3 Å². The van der Waals surface area contributed by atoms with Crippen LogP contribution in [0.1, 0.15) is 59.8 Å². The maximum absolute atomic E-state index is 12.4. The number of aliphatic carboxylic acids is 1. The molecule has 0 unspecified atom stereocenters. The van der Waals surface area contributed by atoms with Gasteiger partial charge in [0, 0.05) is 43.9 Å². The number of likely N-dealkylation sites (tertiary alicyclic amines) is 2. The molecule has 2 fully saturated rings. The van der Waals surface area contributed by atoms with E-state index in [2.05, 4.69) is 48.5 Å². The number of carbonyl (C=O) groups excluding carboxylic acids is 3. The van der Waals surface area contributed by atoms with Gasteiger partial charge in [-0.2, -0.15) is 0 Å². The summed E-state index contributed by atoms with van der Waals surface area (Å²) in [5.41, 5.74) is 9.60. The van der Waals surface area contributed by atoms with Crippen molar-refractivity contribution in [1.29, 1.82) is 0 Å². The van der Waals surface area contributed by atoms with Crippen LogP contribution in [0, 0.1) is 11.8 Å². The van der Waals surface area contributed by atoms with Gasteiger partial charge in [-0.1, -0.05) is 97.1 Å². The molecular weight excluding hydrogens is 680 g/mol. The van der Waals surface area contributed by atoms with E-state index in [9.17, 15) is 19.2 Å². The van der Waals surface area contributed by atoms with Crippen molar-refractivity contribution < 1.29 is 33.8 Å². The predicted molar refractivity (Wildman–Crippen MR) is 197 cm³/mol. The summed E-state index contributed by atoms with van der Waals surface area (Å²) in [7, 11) is 0. The van der Waals surface area contributed by atoms with E-state index in [1.807, 2.05) is 48.5 Å². The molecule has 4 aromatic carbocycles. The third-order valence-corrected chi connectivity index (χ3v) is 11.2. The number of piperidine rings is 2. The summed E-state index contributed by atoms with van der Waals surface area (Å²) in [6, 6.07) is 33.0. The lowest BCUT2D eigenvalue weighted by atomic mass is 9.97. The maximum Gasteiger partial charge on any atom is 0.409 e. The van der Waals surface area contributed by atoms with Gasteiger partial charge < -0.3 is 24.4 Å². The highest BCUT2D eigenvalue weighted by atomic mass is 35.5. The summed E-state index contributed by atoms with van der Waals surface area (Å²) < 4.78 is 11.3. The van der Waals surface area contributed by atoms with Crippen LogP contribution in [-0.4, -0.2) is 77.7 Å². The molecule has 0 spiro atoms. The van der Waals surface area contributed by atoms with Gasteiger partial charge in [-0.15, -0.1) is 0 Å². The van der Waals surface area contributed by atoms with Crippen molar-refractivity contribution in [3.05, 3.63) is 119 Å². The van der Waals surface area contributed by atoms with Crippen molar-refractivity contribution in [2.75, 3.05) is 39.4 Å². The zero-order chi connectivity index (χ0) is 36.2. The fourth-order valence-corrected chi connectivity index (χ4v) is 8.19. The zero-order valence-electron chi connectivity index (χ0n) is 28.8. The van der Waals surface area contributed by atoms with Crippen LogP contribution in [-0.2, 0) is 19.1 Å². The number of halogens is 1.